The van der Waals surface area contributed by atoms with Crippen LogP contribution in [0, 0.1) is 5.92 Å². The van der Waals surface area contributed by atoms with E-state index in [9.17, 15) is 9.59 Å². The number of anilines is 1. The number of thiophene rings is 1. The second-order valence-corrected chi connectivity index (χ2v) is 8.22. The first kappa shape index (κ1) is 17.4. The van der Waals surface area contributed by atoms with Gasteiger partial charge in [-0.15, -0.1) is 11.3 Å². The lowest BCUT2D eigenvalue weighted by molar-refractivity contribution is -0.117. The third kappa shape index (κ3) is 3.53. The first-order valence-corrected chi connectivity index (χ1v) is 10.3. The van der Waals surface area contributed by atoms with Gasteiger partial charge in [-0.2, -0.15) is 0 Å². The maximum absolute atomic E-state index is 12.4. The van der Waals surface area contributed by atoms with Crippen molar-refractivity contribution >= 4 is 34.6 Å². The molecule has 1 atom stereocenters. The van der Waals surface area contributed by atoms with Gasteiger partial charge >= 0.3 is 0 Å². The van der Waals surface area contributed by atoms with Gasteiger partial charge in [0.15, 0.2) is 5.82 Å². The highest BCUT2D eigenvalue weighted by Gasteiger charge is 2.30. The lowest BCUT2D eigenvalue weighted by Crippen LogP contribution is -2.34. The standard InChI is InChI=1S/C20H20N4O3S/c25-19(12-1-2-12)23-17-9-24-8-13(3-4-18(24)22-17)14-7-16(28-11-14)20(26)21-15-5-6-27-10-15/h3-4,7-9,11-12,15H,1-2,5-6,10H2,(H,21,26)(H,23,25)/t15-/m0/s1. The van der Waals surface area contributed by atoms with E-state index in [4.69, 9.17) is 4.74 Å². The fourth-order valence-corrected chi connectivity index (χ4v) is 4.13. The zero-order valence-corrected chi connectivity index (χ0v) is 16.0. The Labute approximate surface area is 165 Å². The summed E-state index contributed by atoms with van der Waals surface area (Å²) in [7, 11) is 0. The molecule has 8 heteroatoms. The largest absolute Gasteiger partial charge is 0.379 e. The van der Waals surface area contributed by atoms with E-state index in [2.05, 4.69) is 15.6 Å². The zero-order valence-electron chi connectivity index (χ0n) is 15.2. The minimum atomic E-state index is -0.0551. The molecule has 7 nitrogen and oxygen atoms in total. The minimum Gasteiger partial charge on any atom is -0.379 e. The van der Waals surface area contributed by atoms with Crippen molar-refractivity contribution in [2.24, 2.45) is 5.92 Å². The number of nitrogens with one attached hydrogen (secondary N) is 2. The van der Waals surface area contributed by atoms with E-state index in [-0.39, 0.29) is 23.8 Å². The first-order valence-electron chi connectivity index (χ1n) is 9.43. The van der Waals surface area contributed by atoms with Crippen LogP contribution in [0.25, 0.3) is 16.8 Å². The number of hydrogen-bond acceptors (Lipinski definition) is 5. The van der Waals surface area contributed by atoms with Gasteiger partial charge in [0.05, 0.1) is 23.7 Å². The molecule has 0 radical (unpaired) electrons. The van der Waals surface area contributed by atoms with Crippen LogP contribution in [-0.2, 0) is 9.53 Å². The van der Waals surface area contributed by atoms with E-state index < -0.39 is 0 Å². The molecule has 144 valence electrons. The van der Waals surface area contributed by atoms with E-state index in [0.717, 1.165) is 36.0 Å². The summed E-state index contributed by atoms with van der Waals surface area (Å²) in [6.07, 6.45) is 6.57. The van der Waals surface area contributed by atoms with Crippen molar-refractivity contribution in [2.75, 3.05) is 18.5 Å². The highest BCUT2D eigenvalue weighted by Crippen LogP contribution is 2.30. The number of nitrogens with zero attached hydrogens (tertiary/aromatic N) is 2. The molecular formula is C20H20N4O3S. The van der Waals surface area contributed by atoms with Crippen molar-refractivity contribution in [1.82, 2.24) is 14.7 Å². The van der Waals surface area contributed by atoms with Crippen LogP contribution in [-0.4, -0.2) is 40.5 Å². The van der Waals surface area contributed by atoms with Crippen LogP contribution in [0.4, 0.5) is 5.82 Å². The van der Waals surface area contributed by atoms with Crippen LogP contribution in [0.2, 0.25) is 0 Å². The molecule has 4 heterocycles. The number of rotatable bonds is 5. The fraction of sp³-hybridized carbons (Fsp3) is 0.350. The monoisotopic (exact) mass is 396 g/mol. The normalized spacial score (nSPS) is 19.1. The van der Waals surface area contributed by atoms with Crippen molar-refractivity contribution in [2.45, 2.75) is 25.3 Å². The highest BCUT2D eigenvalue weighted by molar-refractivity contribution is 7.12. The Morgan fingerprint density at radius 2 is 2.07 bits per heavy atom. The lowest BCUT2D eigenvalue weighted by atomic mass is 10.1. The van der Waals surface area contributed by atoms with Crippen LogP contribution >= 0.6 is 11.3 Å². The van der Waals surface area contributed by atoms with E-state index >= 15 is 0 Å². The number of carbonyl (C=O) groups excluding carboxylic acids is 2. The Kier molecular flexibility index (Phi) is 4.37. The Bertz CT molecular complexity index is 1050. The SMILES string of the molecule is O=C(N[C@H]1CCOC1)c1cc(-c2ccc3nc(NC(=O)C4CC4)cn3c2)cs1. The number of fused-ring (bicyclic) bond motifs is 1. The minimum absolute atomic E-state index is 0.0461. The number of amides is 2. The van der Waals surface area contributed by atoms with Crippen LogP contribution < -0.4 is 10.6 Å². The number of carbonyl (C=O) groups is 2. The summed E-state index contributed by atoms with van der Waals surface area (Å²) in [5.74, 6) is 0.704. The summed E-state index contributed by atoms with van der Waals surface area (Å²) in [5.41, 5.74) is 2.74. The lowest BCUT2D eigenvalue weighted by Gasteiger charge is -2.08. The quantitative estimate of drug-likeness (QED) is 0.694. The predicted molar refractivity (Wildman–Crippen MR) is 107 cm³/mol. The summed E-state index contributed by atoms with van der Waals surface area (Å²) in [5, 5.41) is 7.87. The van der Waals surface area contributed by atoms with E-state index in [1.807, 2.05) is 40.4 Å². The summed E-state index contributed by atoms with van der Waals surface area (Å²) in [4.78, 5) is 29.5. The third-order valence-electron chi connectivity index (χ3n) is 5.07. The van der Waals surface area contributed by atoms with Crippen molar-refractivity contribution in [1.29, 1.82) is 0 Å². The van der Waals surface area contributed by atoms with Gasteiger partial charge in [0.1, 0.15) is 5.65 Å². The van der Waals surface area contributed by atoms with Gasteiger partial charge < -0.3 is 19.8 Å². The van der Waals surface area contributed by atoms with E-state index in [1.165, 1.54) is 11.3 Å². The molecule has 1 saturated carbocycles. The molecule has 2 amide bonds. The maximum Gasteiger partial charge on any atom is 0.261 e. The van der Waals surface area contributed by atoms with Crippen LogP contribution in [0.15, 0.2) is 36.0 Å². The zero-order chi connectivity index (χ0) is 19.1. The molecule has 0 unspecified atom stereocenters. The number of imidazole rings is 1. The summed E-state index contributed by atoms with van der Waals surface area (Å²) in [6, 6.07) is 5.90. The van der Waals surface area contributed by atoms with Crippen LogP contribution in [0.5, 0.6) is 0 Å². The van der Waals surface area contributed by atoms with Gasteiger partial charge in [-0.05, 0) is 54.0 Å². The molecule has 3 aromatic rings. The number of ether oxygens (including phenoxy) is 1. The molecule has 3 aromatic heterocycles. The van der Waals surface area contributed by atoms with Crippen molar-refractivity contribution in [3.8, 4) is 11.1 Å². The molecule has 1 aliphatic heterocycles. The number of hydrogen-bond donors (Lipinski definition) is 2. The third-order valence-corrected chi connectivity index (χ3v) is 6.00. The molecule has 2 aliphatic rings. The Balaban J connectivity index is 1.33. The first-order chi connectivity index (χ1) is 13.7. The van der Waals surface area contributed by atoms with Gasteiger partial charge in [-0.25, -0.2) is 4.98 Å². The summed E-state index contributed by atoms with van der Waals surface area (Å²) < 4.78 is 7.20. The smallest absolute Gasteiger partial charge is 0.261 e. The molecular weight excluding hydrogens is 376 g/mol. The Hall–Kier alpha value is -2.71. The fourth-order valence-electron chi connectivity index (χ4n) is 3.31. The maximum atomic E-state index is 12.4. The van der Waals surface area contributed by atoms with Gasteiger partial charge in [0, 0.05) is 18.7 Å². The number of aromatic nitrogens is 2. The van der Waals surface area contributed by atoms with Crippen molar-refractivity contribution in [3.05, 3.63) is 40.8 Å². The molecule has 1 saturated heterocycles. The average molecular weight is 396 g/mol. The summed E-state index contributed by atoms with van der Waals surface area (Å²) >= 11 is 1.43. The van der Waals surface area contributed by atoms with Gasteiger partial charge in [0.25, 0.3) is 5.91 Å². The molecule has 0 spiro atoms. The molecule has 0 bridgehead atoms. The molecule has 0 aromatic carbocycles. The van der Waals surface area contributed by atoms with Gasteiger partial charge in [0.2, 0.25) is 5.91 Å². The average Bonchev–Trinajstić information content (AvgIpc) is 3.08. The van der Waals surface area contributed by atoms with Crippen LogP contribution in [0.1, 0.15) is 28.9 Å². The molecule has 1 aliphatic carbocycles. The molecule has 2 N–H and O–H groups in total. The van der Waals surface area contributed by atoms with Crippen molar-refractivity contribution < 1.29 is 14.3 Å². The van der Waals surface area contributed by atoms with E-state index in [0.29, 0.717) is 23.9 Å². The van der Waals surface area contributed by atoms with Gasteiger partial charge in [-0.1, -0.05) is 0 Å². The number of pyridine rings is 1. The Morgan fingerprint density at radius 1 is 1.18 bits per heavy atom. The van der Waals surface area contributed by atoms with Crippen LogP contribution in [0.3, 0.4) is 0 Å². The topological polar surface area (TPSA) is 84.7 Å². The molecule has 5 rings (SSSR count). The second kappa shape index (κ2) is 7.03. The van der Waals surface area contributed by atoms with Crippen molar-refractivity contribution in [3.63, 3.8) is 0 Å². The highest BCUT2D eigenvalue weighted by atomic mass is 32.1. The molecule has 28 heavy (non-hydrogen) atoms. The summed E-state index contributed by atoms with van der Waals surface area (Å²) in [6.45, 7) is 1.29. The van der Waals surface area contributed by atoms with Gasteiger partial charge in [-0.3, -0.25) is 9.59 Å². The predicted octanol–water partition coefficient (Wildman–Crippen LogP) is 2.93. The Morgan fingerprint density at radius 3 is 2.86 bits per heavy atom. The second-order valence-electron chi connectivity index (χ2n) is 7.31. The molecule has 2 fully saturated rings. The van der Waals surface area contributed by atoms with E-state index in [1.54, 1.807) is 0 Å².